The maximum atomic E-state index is 14.1. The Kier molecular flexibility index (Phi) is 6.15. The van der Waals surface area contributed by atoms with Gasteiger partial charge in [0.2, 0.25) is 5.91 Å². The average molecular weight is 463 g/mol. The number of ether oxygens (including phenoxy) is 2. The fraction of sp³-hybridized carbons (Fsp3) is 0.231. The fourth-order valence-corrected chi connectivity index (χ4v) is 4.28. The lowest BCUT2D eigenvalue weighted by molar-refractivity contribution is -0.118. The number of hydrogen-bond donors (Lipinski definition) is 3. The van der Waals surface area contributed by atoms with Crippen molar-refractivity contribution in [1.29, 1.82) is 0 Å². The highest BCUT2D eigenvalue weighted by Crippen LogP contribution is 2.50. The number of halogens is 1. The highest BCUT2D eigenvalue weighted by molar-refractivity contribution is 6.06. The molecular formula is C26H27FN4O3. The van der Waals surface area contributed by atoms with E-state index in [9.17, 15) is 9.18 Å². The third-order valence-corrected chi connectivity index (χ3v) is 6.35. The molecule has 1 amide bonds. The van der Waals surface area contributed by atoms with Crippen LogP contribution in [0.1, 0.15) is 29.5 Å². The second-order valence-electron chi connectivity index (χ2n) is 8.29. The number of hydrazone groups is 1. The molecule has 3 aromatic carbocycles. The third-order valence-electron chi connectivity index (χ3n) is 6.35. The van der Waals surface area contributed by atoms with E-state index in [4.69, 9.17) is 21.1 Å². The van der Waals surface area contributed by atoms with Crippen molar-refractivity contribution in [3.63, 3.8) is 0 Å². The number of nitrogens with zero attached hydrogens (tertiary/aromatic N) is 1. The van der Waals surface area contributed by atoms with Crippen LogP contribution in [0.15, 0.2) is 59.7 Å². The molecule has 0 bridgehead atoms. The summed E-state index contributed by atoms with van der Waals surface area (Å²) in [6, 6.07) is 15.7. The first-order chi connectivity index (χ1) is 16.3. The summed E-state index contributed by atoms with van der Waals surface area (Å²) in [4.78, 5) is 13.3. The van der Waals surface area contributed by atoms with Gasteiger partial charge in [0.1, 0.15) is 5.82 Å². The van der Waals surface area contributed by atoms with Gasteiger partial charge in [-0.3, -0.25) is 4.79 Å². The molecule has 0 saturated heterocycles. The minimum Gasteiger partial charge on any atom is -0.493 e. The molecule has 1 fully saturated rings. The summed E-state index contributed by atoms with van der Waals surface area (Å²) in [5.41, 5.74) is 9.24. The van der Waals surface area contributed by atoms with Crippen LogP contribution in [0.25, 0.3) is 11.1 Å². The predicted octanol–water partition coefficient (Wildman–Crippen LogP) is 4.07. The number of carbonyl (C=O) groups is 1. The molecule has 3 aromatic rings. The number of amides is 1. The molecule has 4 rings (SSSR count). The lowest BCUT2D eigenvalue weighted by Crippen LogP contribution is -2.29. The van der Waals surface area contributed by atoms with Crippen molar-refractivity contribution in [3.8, 4) is 22.6 Å². The van der Waals surface area contributed by atoms with Gasteiger partial charge in [-0.1, -0.05) is 24.3 Å². The molecule has 0 heterocycles. The van der Waals surface area contributed by atoms with Crippen LogP contribution in [0.5, 0.6) is 11.5 Å². The summed E-state index contributed by atoms with van der Waals surface area (Å²) in [6.07, 6.45) is 1.32. The van der Waals surface area contributed by atoms with E-state index < -0.39 is 5.41 Å². The van der Waals surface area contributed by atoms with Crippen molar-refractivity contribution in [3.05, 3.63) is 77.1 Å². The zero-order valence-corrected chi connectivity index (χ0v) is 19.3. The Balaban J connectivity index is 1.69. The Morgan fingerprint density at radius 3 is 2.44 bits per heavy atom. The molecule has 1 saturated carbocycles. The van der Waals surface area contributed by atoms with Crippen molar-refractivity contribution in [2.24, 2.45) is 16.7 Å². The molecular weight excluding hydrogens is 435 g/mol. The van der Waals surface area contributed by atoms with Crippen LogP contribution >= 0.6 is 0 Å². The third kappa shape index (κ3) is 4.03. The van der Waals surface area contributed by atoms with Crippen molar-refractivity contribution in [1.82, 2.24) is 0 Å². The molecule has 0 unspecified atom stereocenters. The summed E-state index contributed by atoms with van der Waals surface area (Å²) in [5, 5.41) is 6.63. The number of methoxy groups -OCH3 is 2. The molecule has 176 valence electrons. The largest absolute Gasteiger partial charge is 0.493 e. The SMILES string of the molecule is COc1ccc(-c2ccc(NC(=O)C3(c4cccc(F)c4C)CC3)cc2/C(N)=N/N)cc1OC. The molecule has 0 aliphatic heterocycles. The van der Waals surface area contributed by atoms with Gasteiger partial charge in [0.25, 0.3) is 0 Å². The van der Waals surface area contributed by atoms with Gasteiger partial charge in [-0.15, -0.1) is 0 Å². The number of anilines is 1. The van der Waals surface area contributed by atoms with Crippen LogP contribution in [0, 0.1) is 12.7 Å². The summed E-state index contributed by atoms with van der Waals surface area (Å²) >= 11 is 0. The maximum absolute atomic E-state index is 14.1. The first kappa shape index (κ1) is 23.1. The highest BCUT2D eigenvalue weighted by Gasteiger charge is 2.52. The molecule has 0 spiro atoms. The first-order valence-electron chi connectivity index (χ1n) is 10.8. The van der Waals surface area contributed by atoms with Crippen LogP contribution < -0.4 is 26.4 Å². The number of rotatable bonds is 7. The van der Waals surface area contributed by atoms with Gasteiger partial charge in [-0.05, 0) is 72.4 Å². The smallest absolute Gasteiger partial charge is 0.235 e. The predicted molar refractivity (Wildman–Crippen MR) is 131 cm³/mol. The minimum absolute atomic E-state index is 0.114. The van der Waals surface area contributed by atoms with Crippen molar-refractivity contribution < 1.29 is 18.7 Å². The summed E-state index contributed by atoms with van der Waals surface area (Å²) < 4.78 is 24.9. The zero-order valence-electron chi connectivity index (χ0n) is 19.3. The lowest BCUT2D eigenvalue weighted by atomic mass is 9.90. The molecule has 8 heteroatoms. The molecule has 7 nitrogen and oxygen atoms in total. The van der Waals surface area contributed by atoms with E-state index in [1.54, 1.807) is 45.4 Å². The van der Waals surface area contributed by atoms with Crippen LogP contribution in [0.4, 0.5) is 10.1 Å². The van der Waals surface area contributed by atoms with Crippen molar-refractivity contribution in [2.75, 3.05) is 19.5 Å². The van der Waals surface area contributed by atoms with E-state index in [-0.39, 0.29) is 17.6 Å². The van der Waals surface area contributed by atoms with Gasteiger partial charge in [-0.2, -0.15) is 5.10 Å². The van der Waals surface area contributed by atoms with Crippen LogP contribution in [0.2, 0.25) is 0 Å². The second kappa shape index (κ2) is 9.05. The van der Waals surface area contributed by atoms with Crippen molar-refractivity contribution >= 4 is 17.4 Å². The molecule has 0 aromatic heterocycles. The van der Waals surface area contributed by atoms with Gasteiger partial charge in [0, 0.05) is 11.3 Å². The molecule has 1 aliphatic carbocycles. The number of amidine groups is 1. The first-order valence-corrected chi connectivity index (χ1v) is 10.8. The summed E-state index contributed by atoms with van der Waals surface area (Å²) in [6.45, 7) is 1.70. The van der Waals surface area contributed by atoms with Crippen molar-refractivity contribution in [2.45, 2.75) is 25.2 Å². The van der Waals surface area contributed by atoms with E-state index in [1.807, 2.05) is 24.3 Å². The molecule has 34 heavy (non-hydrogen) atoms. The van der Waals surface area contributed by atoms with Crippen LogP contribution in [-0.2, 0) is 10.2 Å². The van der Waals surface area contributed by atoms with E-state index in [0.717, 1.165) is 16.7 Å². The topological polar surface area (TPSA) is 112 Å². The molecule has 0 atom stereocenters. The Morgan fingerprint density at radius 1 is 1.06 bits per heavy atom. The van der Waals surface area contributed by atoms with E-state index in [1.165, 1.54) is 6.07 Å². The normalized spacial score (nSPS) is 14.4. The Labute approximate surface area is 197 Å². The number of hydrogen-bond acceptors (Lipinski definition) is 5. The number of nitrogens with two attached hydrogens (primary N) is 2. The quantitative estimate of drug-likeness (QED) is 0.212. The van der Waals surface area contributed by atoms with Crippen LogP contribution in [-0.4, -0.2) is 26.0 Å². The Bertz CT molecular complexity index is 1290. The fourth-order valence-electron chi connectivity index (χ4n) is 4.28. The monoisotopic (exact) mass is 462 g/mol. The van der Waals surface area contributed by atoms with Gasteiger partial charge in [0.05, 0.1) is 19.6 Å². The van der Waals surface area contributed by atoms with E-state index >= 15 is 0 Å². The highest BCUT2D eigenvalue weighted by atomic mass is 19.1. The van der Waals surface area contributed by atoms with Gasteiger partial charge < -0.3 is 26.4 Å². The van der Waals surface area contributed by atoms with Gasteiger partial charge >= 0.3 is 0 Å². The number of carbonyl (C=O) groups excluding carboxylic acids is 1. The summed E-state index contributed by atoms with van der Waals surface area (Å²) in [7, 11) is 3.13. The maximum Gasteiger partial charge on any atom is 0.235 e. The van der Waals surface area contributed by atoms with Gasteiger partial charge in [0.15, 0.2) is 17.3 Å². The zero-order chi connectivity index (χ0) is 24.5. The van der Waals surface area contributed by atoms with E-state index in [0.29, 0.717) is 41.2 Å². The average Bonchev–Trinajstić information content (AvgIpc) is 3.66. The molecule has 5 N–H and O–H groups in total. The summed E-state index contributed by atoms with van der Waals surface area (Å²) in [5.74, 6) is 6.26. The lowest BCUT2D eigenvalue weighted by Gasteiger charge is -2.19. The minimum atomic E-state index is -0.734. The Hall–Kier alpha value is -4.07. The molecule has 0 radical (unpaired) electrons. The van der Waals surface area contributed by atoms with Crippen LogP contribution in [0.3, 0.4) is 0 Å². The number of benzene rings is 3. The molecule has 1 aliphatic rings. The standard InChI is InChI=1S/C26H27FN4O3/c1-15-20(5-4-6-21(15)27)26(11-12-26)25(32)30-17-8-9-18(19(14-17)24(28)31-29)16-7-10-22(33-2)23(13-16)34-3/h4-10,13-14H,11-12,29H2,1-3H3,(H2,28,31)(H,30,32). The Morgan fingerprint density at radius 2 is 1.79 bits per heavy atom. The van der Waals surface area contributed by atoms with Gasteiger partial charge in [-0.25, -0.2) is 4.39 Å². The number of nitrogens with one attached hydrogen (secondary N) is 1. The second-order valence-corrected chi connectivity index (χ2v) is 8.29. The van der Waals surface area contributed by atoms with E-state index in [2.05, 4.69) is 10.4 Å².